The van der Waals surface area contributed by atoms with Gasteiger partial charge in [0.15, 0.2) is 0 Å². The monoisotopic (exact) mass is 279 g/mol. The number of hydrogen-bond donors (Lipinski definition) is 2. The highest BCUT2D eigenvalue weighted by atomic mass is 16.5. The number of aliphatic carboxylic acids is 1. The number of carboxylic acid groups (broad SMARTS) is 1. The lowest BCUT2D eigenvalue weighted by Crippen LogP contribution is -2.23. The molecule has 2 N–H and O–H groups in total. The van der Waals surface area contributed by atoms with Crippen molar-refractivity contribution in [2.75, 3.05) is 20.3 Å². The van der Waals surface area contributed by atoms with Crippen molar-refractivity contribution in [2.24, 2.45) is 0 Å². The zero-order valence-electron chi connectivity index (χ0n) is 11.2. The van der Waals surface area contributed by atoms with Crippen molar-refractivity contribution in [2.45, 2.75) is 18.9 Å². The summed E-state index contributed by atoms with van der Waals surface area (Å²) in [6, 6.07) is 5.67. The summed E-state index contributed by atoms with van der Waals surface area (Å²) < 4.78 is 10.0. The van der Waals surface area contributed by atoms with Crippen LogP contribution < -0.4 is 10.1 Å². The van der Waals surface area contributed by atoms with E-state index in [4.69, 9.17) is 9.84 Å². The quantitative estimate of drug-likeness (QED) is 0.753. The van der Waals surface area contributed by atoms with Crippen molar-refractivity contribution in [3.63, 3.8) is 0 Å². The third-order valence-electron chi connectivity index (χ3n) is 3.20. The van der Waals surface area contributed by atoms with Crippen LogP contribution in [0.1, 0.15) is 23.5 Å². The maximum atomic E-state index is 11.0. The zero-order valence-corrected chi connectivity index (χ0v) is 11.2. The Morgan fingerprint density at radius 3 is 3.00 bits per heavy atom. The summed E-state index contributed by atoms with van der Waals surface area (Å²) in [5.41, 5.74) is 1.90. The van der Waals surface area contributed by atoms with Crippen molar-refractivity contribution >= 4 is 11.9 Å². The Hall–Kier alpha value is -2.08. The van der Waals surface area contributed by atoms with Crippen LogP contribution in [-0.2, 0) is 20.9 Å². The predicted molar refractivity (Wildman–Crippen MR) is 70.7 cm³/mol. The van der Waals surface area contributed by atoms with Crippen LogP contribution in [0.3, 0.4) is 0 Å². The molecule has 0 radical (unpaired) electrons. The molecule has 1 atom stereocenters. The molecule has 1 heterocycles. The van der Waals surface area contributed by atoms with Crippen molar-refractivity contribution in [1.82, 2.24) is 5.32 Å². The maximum absolute atomic E-state index is 11.0. The van der Waals surface area contributed by atoms with Crippen molar-refractivity contribution in [3.8, 4) is 5.75 Å². The number of carbonyl (C=O) groups excluding carboxylic acids is 1. The Kier molecular flexibility index (Phi) is 4.57. The fraction of sp³-hybridized carbons (Fsp3) is 0.429. The molecule has 1 aliphatic rings. The second kappa shape index (κ2) is 6.38. The van der Waals surface area contributed by atoms with E-state index in [1.165, 1.54) is 7.11 Å². The van der Waals surface area contributed by atoms with Gasteiger partial charge in [0.1, 0.15) is 5.75 Å². The molecule has 0 fully saturated rings. The minimum atomic E-state index is -0.833. The molecule has 1 aliphatic heterocycles. The summed E-state index contributed by atoms with van der Waals surface area (Å²) in [7, 11) is 1.34. The molecule has 1 unspecified atom stereocenters. The Balaban J connectivity index is 1.99. The second-order valence-corrected chi connectivity index (χ2v) is 4.66. The summed E-state index contributed by atoms with van der Waals surface area (Å²) in [6.07, 6.45) is 0.0616. The maximum Gasteiger partial charge on any atom is 0.319 e. The summed E-state index contributed by atoms with van der Waals surface area (Å²) in [4.78, 5) is 21.8. The first kappa shape index (κ1) is 14.3. The van der Waals surface area contributed by atoms with E-state index < -0.39 is 5.97 Å². The van der Waals surface area contributed by atoms with Crippen LogP contribution in [0.5, 0.6) is 5.75 Å². The van der Waals surface area contributed by atoms with Gasteiger partial charge in [-0.2, -0.15) is 0 Å². The number of carbonyl (C=O) groups is 2. The molecule has 0 spiro atoms. The van der Waals surface area contributed by atoms with E-state index in [1.54, 1.807) is 0 Å². The van der Waals surface area contributed by atoms with E-state index in [1.807, 2.05) is 18.2 Å². The van der Waals surface area contributed by atoms with Crippen LogP contribution in [-0.4, -0.2) is 37.3 Å². The SMILES string of the molecule is COC(=O)CNCc1ccc2c(c1)C(CC(=O)O)CO2. The molecule has 0 aromatic heterocycles. The van der Waals surface area contributed by atoms with Gasteiger partial charge in [-0.15, -0.1) is 0 Å². The summed E-state index contributed by atoms with van der Waals surface area (Å²) in [5, 5.41) is 11.8. The fourth-order valence-corrected chi connectivity index (χ4v) is 2.20. The number of carboxylic acids is 1. The molecule has 108 valence electrons. The normalized spacial score (nSPS) is 16.4. The molecule has 20 heavy (non-hydrogen) atoms. The number of hydrogen-bond acceptors (Lipinski definition) is 5. The lowest BCUT2D eigenvalue weighted by molar-refractivity contribution is -0.139. The third kappa shape index (κ3) is 3.48. The average Bonchev–Trinajstić information content (AvgIpc) is 2.80. The largest absolute Gasteiger partial charge is 0.493 e. The van der Waals surface area contributed by atoms with Crippen molar-refractivity contribution in [3.05, 3.63) is 29.3 Å². The van der Waals surface area contributed by atoms with Gasteiger partial charge in [0, 0.05) is 18.0 Å². The Morgan fingerprint density at radius 1 is 1.50 bits per heavy atom. The van der Waals surface area contributed by atoms with Gasteiger partial charge in [-0.25, -0.2) is 0 Å². The van der Waals surface area contributed by atoms with E-state index in [0.29, 0.717) is 13.2 Å². The van der Waals surface area contributed by atoms with Gasteiger partial charge in [-0.05, 0) is 11.6 Å². The number of fused-ring (bicyclic) bond motifs is 1. The topological polar surface area (TPSA) is 84.9 Å². The van der Waals surface area contributed by atoms with Crippen molar-refractivity contribution in [1.29, 1.82) is 0 Å². The highest BCUT2D eigenvalue weighted by molar-refractivity contribution is 5.71. The summed E-state index contributed by atoms with van der Waals surface area (Å²) in [6.45, 7) is 1.06. The van der Waals surface area contributed by atoms with Gasteiger partial charge >= 0.3 is 11.9 Å². The molecule has 2 rings (SSSR count). The fourth-order valence-electron chi connectivity index (χ4n) is 2.20. The van der Waals surface area contributed by atoms with Crippen LogP contribution in [0.25, 0.3) is 0 Å². The van der Waals surface area contributed by atoms with E-state index in [0.717, 1.165) is 16.9 Å². The molecule has 1 aromatic carbocycles. The Labute approximate surface area is 116 Å². The Bertz CT molecular complexity index is 514. The molecular weight excluding hydrogens is 262 g/mol. The van der Waals surface area contributed by atoms with E-state index >= 15 is 0 Å². The molecule has 1 aromatic rings. The van der Waals surface area contributed by atoms with Crippen molar-refractivity contribution < 1.29 is 24.2 Å². The zero-order chi connectivity index (χ0) is 14.5. The molecule has 0 saturated heterocycles. The Morgan fingerprint density at radius 2 is 2.30 bits per heavy atom. The first-order valence-electron chi connectivity index (χ1n) is 6.35. The van der Waals surface area contributed by atoms with Crippen LogP contribution in [0, 0.1) is 0 Å². The molecule has 0 amide bonds. The van der Waals surface area contributed by atoms with Gasteiger partial charge in [-0.3, -0.25) is 9.59 Å². The van der Waals surface area contributed by atoms with Gasteiger partial charge in [0.05, 0.1) is 26.7 Å². The van der Waals surface area contributed by atoms with Crippen LogP contribution in [0.15, 0.2) is 18.2 Å². The van der Waals surface area contributed by atoms with E-state index in [-0.39, 0.29) is 24.9 Å². The lowest BCUT2D eigenvalue weighted by Gasteiger charge is -2.08. The number of benzene rings is 1. The minimum Gasteiger partial charge on any atom is -0.493 e. The van der Waals surface area contributed by atoms with E-state index in [9.17, 15) is 9.59 Å². The highest BCUT2D eigenvalue weighted by Crippen LogP contribution is 2.36. The number of nitrogens with one attached hydrogen (secondary N) is 1. The summed E-state index contributed by atoms with van der Waals surface area (Å²) in [5.74, 6) is -0.519. The molecular formula is C14H17NO5. The molecule has 6 nitrogen and oxygen atoms in total. The van der Waals surface area contributed by atoms with Gasteiger partial charge < -0.3 is 19.9 Å². The average molecular weight is 279 g/mol. The molecule has 6 heteroatoms. The standard InChI is InChI=1S/C14H17NO5/c1-19-14(18)7-15-6-9-2-3-12-11(4-9)10(8-20-12)5-13(16)17/h2-4,10,15H,5-8H2,1H3,(H,16,17). The molecule has 0 saturated carbocycles. The van der Waals surface area contributed by atoms with Gasteiger partial charge in [0.25, 0.3) is 0 Å². The van der Waals surface area contributed by atoms with Crippen LogP contribution >= 0.6 is 0 Å². The number of rotatable bonds is 6. The first-order valence-corrected chi connectivity index (χ1v) is 6.35. The van der Waals surface area contributed by atoms with E-state index in [2.05, 4.69) is 10.1 Å². The lowest BCUT2D eigenvalue weighted by atomic mass is 9.96. The number of esters is 1. The molecule has 0 aliphatic carbocycles. The predicted octanol–water partition coefficient (Wildman–Crippen LogP) is 0.900. The van der Waals surface area contributed by atoms with Crippen LogP contribution in [0.4, 0.5) is 0 Å². The molecule has 0 bridgehead atoms. The van der Waals surface area contributed by atoms with Gasteiger partial charge in [-0.1, -0.05) is 12.1 Å². The number of ether oxygens (including phenoxy) is 2. The van der Waals surface area contributed by atoms with Crippen LogP contribution in [0.2, 0.25) is 0 Å². The highest BCUT2D eigenvalue weighted by Gasteiger charge is 2.26. The first-order chi connectivity index (χ1) is 9.60. The van der Waals surface area contributed by atoms with Gasteiger partial charge in [0.2, 0.25) is 0 Å². The smallest absolute Gasteiger partial charge is 0.319 e. The minimum absolute atomic E-state index is 0.0616. The second-order valence-electron chi connectivity index (χ2n) is 4.66. The third-order valence-corrected chi connectivity index (χ3v) is 3.20. The summed E-state index contributed by atoms with van der Waals surface area (Å²) >= 11 is 0. The number of methoxy groups -OCH3 is 1.